The Balaban J connectivity index is 5.17. The Kier molecular flexibility index (Phi) is 10.6. The number of carbonyl (C=O) groups excluding carboxylic acids is 3. The summed E-state index contributed by atoms with van der Waals surface area (Å²) < 4.78 is 0. The minimum atomic E-state index is -1.31. The van der Waals surface area contributed by atoms with Crippen LogP contribution >= 0.6 is 0 Å². The van der Waals surface area contributed by atoms with Gasteiger partial charge < -0.3 is 37.0 Å². The van der Waals surface area contributed by atoms with Gasteiger partial charge in [0, 0.05) is 6.42 Å². The van der Waals surface area contributed by atoms with Crippen LogP contribution in [0.3, 0.4) is 0 Å². The van der Waals surface area contributed by atoms with E-state index in [1.165, 1.54) is 0 Å². The lowest BCUT2D eigenvalue weighted by Crippen LogP contribution is -2.58. The van der Waals surface area contributed by atoms with Gasteiger partial charge >= 0.3 is 11.9 Å². The van der Waals surface area contributed by atoms with Crippen molar-refractivity contribution in [2.24, 2.45) is 11.7 Å². The summed E-state index contributed by atoms with van der Waals surface area (Å²) >= 11 is 0. The second-order valence-electron chi connectivity index (χ2n) is 6.12. The Morgan fingerprint density at radius 3 is 1.96 bits per heavy atom. The molecule has 0 bridgehead atoms. The topological polar surface area (TPSA) is 208 Å². The van der Waals surface area contributed by atoms with Crippen LogP contribution in [0, 0.1) is 5.92 Å². The summed E-state index contributed by atoms with van der Waals surface area (Å²) in [6.07, 6.45) is -0.721. The molecule has 12 nitrogen and oxygen atoms in total. The molecule has 8 N–H and O–H groups in total. The number of hydrogen-bond acceptors (Lipinski definition) is 7. The number of aliphatic carboxylic acids is 2. The van der Waals surface area contributed by atoms with Crippen LogP contribution in [0.2, 0.25) is 0 Å². The number of aliphatic hydroxyl groups is 1. The summed E-state index contributed by atoms with van der Waals surface area (Å²) in [6, 6.07) is -3.65. The second-order valence-corrected chi connectivity index (χ2v) is 6.12. The second kappa shape index (κ2) is 11.8. The predicted molar refractivity (Wildman–Crippen MR) is 91.3 cm³/mol. The van der Waals surface area contributed by atoms with Crippen LogP contribution in [0.5, 0.6) is 0 Å². The van der Waals surface area contributed by atoms with Gasteiger partial charge in [-0.05, 0) is 12.3 Å². The Bertz CT molecular complexity index is 566. The van der Waals surface area contributed by atoms with Crippen LogP contribution < -0.4 is 21.7 Å². The molecule has 0 saturated carbocycles. The predicted octanol–water partition coefficient (Wildman–Crippen LogP) is -3.00. The molecular weight excluding hydrogens is 364 g/mol. The van der Waals surface area contributed by atoms with Gasteiger partial charge in [0.1, 0.15) is 24.7 Å². The molecule has 3 amide bonds. The number of nitrogens with two attached hydrogens (primary N) is 1. The van der Waals surface area contributed by atoms with Crippen LogP contribution in [0.4, 0.5) is 0 Å². The lowest BCUT2D eigenvalue weighted by molar-refractivity contribution is -0.140. The van der Waals surface area contributed by atoms with Crippen molar-refractivity contribution in [3.05, 3.63) is 0 Å². The quantitative estimate of drug-likeness (QED) is 0.181. The van der Waals surface area contributed by atoms with Crippen LogP contribution in [0.1, 0.15) is 26.7 Å². The minimum absolute atomic E-state index is 0.276. The summed E-state index contributed by atoms with van der Waals surface area (Å²) in [5.74, 6) is -5.34. The molecule has 3 unspecified atom stereocenters. The lowest BCUT2D eigenvalue weighted by Gasteiger charge is -2.25. The van der Waals surface area contributed by atoms with Gasteiger partial charge in [0.05, 0.1) is 6.61 Å². The molecule has 3 atom stereocenters. The van der Waals surface area contributed by atoms with Crippen molar-refractivity contribution in [2.75, 3.05) is 13.2 Å². The van der Waals surface area contributed by atoms with E-state index in [1.54, 1.807) is 13.8 Å². The molecule has 0 aromatic carbocycles. The number of nitrogens with one attached hydrogen (secondary N) is 3. The summed E-state index contributed by atoms with van der Waals surface area (Å²) in [6.45, 7) is 1.91. The zero-order valence-corrected chi connectivity index (χ0v) is 15.1. The van der Waals surface area contributed by atoms with E-state index in [9.17, 15) is 24.0 Å². The first-order valence-corrected chi connectivity index (χ1v) is 8.18. The molecule has 0 radical (unpaired) electrons. The molecular formula is C15H26N4O8. The zero-order chi connectivity index (χ0) is 21.1. The third-order valence-electron chi connectivity index (χ3n) is 3.47. The van der Waals surface area contributed by atoms with Crippen molar-refractivity contribution >= 4 is 29.7 Å². The molecule has 0 aromatic heterocycles. The smallest absolute Gasteiger partial charge is 0.322 e. The molecule has 0 spiro atoms. The van der Waals surface area contributed by atoms with Crippen molar-refractivity contribution in [1.29, 1.82) is 0 Å². The third kappa shape index (κ3) is 9.51. The van der Waals surface area contributed by atoms with Crippen molar-refractivity contribution in [2.45, 2.75) is 44.8 Å². The summed E-state index contributed by atoms with van der Waals surface area (Å²) in [5.41, 5.74) is 5.38. The van der Waals surface area contributed by atoms with E-state index in [2.05, 4.69) is 16.0 Å². The summed E-state index contributed by atoms with van der Waals surface area (Å²) in [5, 5.41) is 33.0. The van der Waals surface area contributed by atoms with Crippen LogP contribution in [0.15, 0.2) is 0 Å². The van der Waals surface area contributed by atoms with E-state index < -0.39 is 73.3 Å². The maximum absolute atomic E-state index is 12.5. The molecule has 0 rings (SSSR count). The highest BCUT2D eigenvalue weighted by molar-refractivity contribution is 5.94. The number of rotatable bonds is 12. The van der Waals surface area contributed by atoms with Crippen molar-refractivity contribution in [3.8, 4) is 0 Å². The Morgan fingerprint density at radius 1 is 0.926 bits per heavy atom. The lowest BCUT2D eigenvalue weighted by atomic mass is 10.0. The number of carboxylic acid groups (broad SMARTS) is 2. The standard InChI is InChI=1S/C15H26N4O8/c1-7(2)12(19-13(25)8(16)6-20)15(27)18-9(3-4-10(21)22)14(26)17-5-11(23)24/h7-9,12,20H,3-6,16H2,1-2H3,(H,17,26)(H,18,27)(H,19,25)(H,21,22)(H,23,24). The van der Waals surface area contributed by atoms with E-state index in [1.807, 2.05) is 0 Å². The van der Waals surface area contributed by atoms with Gasteiger partial charge in [0.2, 0.25) is 17.7 Å². The average Bonchev–Trinajstić information content (AvgIpc) is 2.59. The third-order valence-corrected chi connectivity index (χ3v) is 3.47. The highest BCUT2D eigenvalue weighted by Gasteiger charge is 2.30. The van der Waals surface area contributed by atoms with Crippen molar-refractivity contribution in [1.82, 2.24) is 16.0 Å². The number of aliphatic hydroxyl groups excluding tert-OH is 1. The minimum Gasteiger partial charge on any atom is -0.481 e. The van der Waals surface area contributed by atoms with Gasteiger partial charge in [0.15, 0.2) is 0 Å². The van der Waals surface area contributed by atoms with E-state index in [0.29, 0.717) is 0 Å². The summed E-state index contributed by atoms with van der Waals surface area (Å²) in [4.78, 5) is 57.6. The average molecular weight is 390 g/mol. The monoisotopic (exact) mass is 390 g/mol. The molecule has 0 saturated heterocycles. The Hall–Kier alpha value is -2.73. The van der Waals surface area contributed by atoms with Crippen LogP contribution in [0.25, 0.3) is 0 Å². The molecule has 0 aliphatic heterocycles. The molecule has 0 aliphatic rings. The number of hydrogen-bond donors (Lipinski definition) is 7. The first-order valence-electron chi connectivity index (χ1n) is 8.18. The maximum Gasteiger partial charge on any atom is 0.322 e. The maximum atomic E-state index is 12.5. The van der Waals surface area contributed by atoms with Gasteiger partial charge in [0.25, 0.3) is 0 Å². The normalized spacial score (nSPS) is 14.0. The van der Waals surface area contributed by atoms with Gasteiger partial charge in [-0.25, -0.2) is 0 Å². The Morgan fingerprint density at radius 2 is 1.52 bits per heavy atom. The summed E-state index contributed by atoms with van der Waals surface area (Å²) in [7, 11) is 0. The first kappa shape index (κ1) is 24.3. The molecule has 154 valence electrons. The van der Waals surface area contributed by atoms with Gasteiger partial charge in [-0.3, -0.25) is 24.0 Å². The SMILES string of the molecule is CC(C)C(NC(=O)C(N)CO)C(=O)NC(CCC(=O)O)C(=O)NCC(=O)O. The molecule has 0 heterocycles. The Labute approximate surface area is 155 Å². The van der Waals surface area contributed by atoms with Gasteiger partial charge in [-0.1, -0.05) is 13.8 Å². The molecule has 0 aromatic rings. The first-order chi connectivity index (χ1) is 12.5. The van der Waals surface area contributed by atoms with E-state index >= 15 is 0 Å². The fourth-order valence-corrected chi connectivity index (χ4v) is 1.96. The molecule has 12 heteroatoms. The van der Waals surface area contributed by atoms with E-state index in [4.69, 9.17) is 21.1 Å². The van der Waals surface area contributed by atoms with Crippen molar-refractivity contribution in [3.63, 3.8) is 0 Å². The molecule has 0 fully saturated rings. The fourth-order valence-electron chi connectivity index (χ4n) is 1.96. The number of amides is 3. The number of carbonyl (C=O) groups is 5. The highest BCUT2D eigenvalue weighted by Crippen LogP contribution is 2.05. The number of carboxylic acids is 2. The largest absolute Gasteiger partial charge is 0.481 e. The molecule has 0 aliphatic carbocycles. The van der Waals surface area contributed by atoms with Crippen LogP contribution in [-0.4, -0.2) is 76.3 Å². The van der Waals surface area contributed by atoms with E-state index in [0.717, 1.165) is 0 Å². The van der Waals surface area contributed by atoms with Gasteiger partial charge in [-0.15, -0.1) is 0 Å². The van der Waals surface area contributed by atoms with Crippen LogP contribution in [-0.2, 0) is 24.0 Å². The van der Waals surface area contributed by atoms with E-state index in [-0.39, 0.29) is 6.42 Å². The molecule has 27 heavy (non-hydrogen) atoms. The van der Waals surface area contributed by atoms with Gasteiger partial charge in [-0.2, -0.15) is 0 Å². The fraction of sp³-hybridized carbons (Fsp3) is 0.667. The zero-order valence-electron chi connectivity index (χ0n) is 15.1. The highest BCUT2D eigenvalue weighted by atomic mass is 16.4. The van der Waals surface area contributed by atoms with Crippen molar-refractivity contribution < 1.29 is 39.3 Å².